The zero-order chi connectivity index (χ0) is 24.1. The van der Waals surface area contributed by atoms with E-state index < -0.39 is 5.54 Å². The molecular weight excluding hydrogens is 457 g/mol. The highest BCUT2D eigenvalue weighted by Gasteiger charge is 2.39. The van der Waals surface area contributed by atoms with E-state index in [9.17, 15) is 14.0 Å². The average Bonchev–Trinajstić information content (AvgIpc) is 3.20. The van der Waals surface area contributed by atoms with E-state index in [2.05, 4.69) is 16.3 Å². The number of hydrogen-bond donors (Lipinski definition) is 1. The third kappa shape index (κ3) is 6.07. The van der Waals surface area contributed by atoms with Crippen molar-refractivity contribution < 1.29 is 18.7 Å². The summed E-state index contributed by atoms with van der Waals surface area (Å²) in [5.41, 5.74) is 1.08. The Kier molecular flexibility index (Phi) is 7.73. The number of carbonyl (C=O) groups excluding carboxylic acids is 2. The van der Waals surface area contributed by atoms with Gasteiger partial charge in [0.25, 0.3) is 0 Å². The van der Waals surface area contributed by atoms with E-state index in [1.807, 2.05) is 23.1 Å². The molecule has 6 nitrogen and oxygen atoms in total. The lowest BCUT2D eigenvalue weighted by Gasteiger charge is -2.36. The monoisotopic (exact) mass is 487 g/mol. The lowest BCUT2D eigenvalue weighted by molar-refractivity contribution is -0.133. The van der Waals surface area contributed by atoms with Crippen LogP contribution in [0, 0.1) is 5.82 Å². The second-order valence-electron chi connectivity index (χ2n) is 9.25. The number of nitrogens with zero attached hydrogens (tertiary/aromatic N) is 2. The van der Waals surface area contributed by atoms with Crippen LogP contribution in [0.15, 0.2) is 42.5 Å². The van der Waals surface area contributed by atoms with Crippen LogP contribution in [0.2, 0.25) is 5.02 Å². The molecule has 2 amide bonds. The normalized spacial score (nSPS) is 20.9. The first-order valence-electron chi connectivity index (χ1n) is 11.7. The third-order valence-electron chi connectivity index (χ3n) is 6.86. The second-order valence-corrected chi connectivity index (χ2v) is 9.69. The molecule has 2 aromatic carbocycles. The van der Waals surface area contributed by atoms with Gasteiger partial charge in [0.05, 0.1) is 7.11 Å². The number of methoxy groups -OCH3 is 1. The van der Waals surface area contributed by atoms with E-state index in [1.165, 1.54) is 13.2 Å². The van der Waals surface area contributed by atoms with Crippen LogP contribution in [-0.2, 0) is 22.6 Å². The molecule has 2 heterocycles. The van der Waals surface area contributed by atoms with Gasteiger partial charge in [0, 0.05) is 62.2 Å². The van der Waals surface area contributed by atoms with Gasteiger partial charge in [-0.1, -0.05) is 29.8 Å². The molecular formula is C26H31ClFN3O3. The van der Waals surface area contributed by atoms with Gasteiger partial charge < -0.3 is 15.0 Å². The number of nitrogens with one attached hydrogen (secondary N) is 1. The van der Waals surface area contributed by atoms with Crippen molar-refractivity contribution in [1.82, 2.24) is 15.1 Å². The molecule has 2 fully saturated rings. The fourth-order valence-corrected chi connectivity index (χ4v) is 5.11. The van der Waals surface area contributed by atoms with Crippen molar-refractivity contribution in [2.75, 3.05) is 33.3 Å². The van der Waals surface area contributed by atoms with Gasteiger partial charge in [0.15, 0.2) is 0 Å². The van der Waals surface area contributed by atoms with E-state index in [1.54, 1.807) is 12.1 Å². The molecule has 1 N–H and O–H groups in total. The summed E-state index contributed by atoms with van der Waals surface area (Å²) in [5.74, 6) is 0.131. The fraction of sp³-hybridized carbons (Fsp3) is 0.462. The molecule has 2 aliphatic rings. The van der Waals surface area contributed by atoms with Crippen molar-refractivity contribution in [1.29, 1.82) is 0 Å². The summed E-state index contributed by atoms with van der Waals surface area (Å²) in [6, 6.07) is 12.6. The topological polar surface area (TPSA) is 61.9 Å². The molecule has 2 aromatic rings. The van der Waals surface area contributed by atoms with Crippen molar-refractivity contribution in [3.05, 3.63) is 64.4 Å². The molecule has 0 aromatic heterocycles. The molecule has 182 valence electrons. The molecule has 0 radical (unpaired) electrons. The number of halogens is 2. The molecule has 34 heavy (non-hydrogen) atoms. The molecule has 2 saturated heterocycles. The Morgan fingerprint density at radius 1 is 1.18 bits per heavy atom. The summed E-state index contributed by atoms with van der Waals surface area (Å²) in [4.78, 5) is 29.2. The minimum atomic E-state index is -0.601. The predicted octanol–water partition coefficient (Wildman–Crippen LogP) is 3.80. The van der Waals surface area contributed by atoms with Crippen LogP contribution in [0.1, 0.15) is 36.8 Å². The van der Waals surface area contributed by atoms with Crippen LogP contribution in [0.5, 0.6) is 5.75 Å². The number of hydrogen-bond acceptors (Lipinski definition) is 4. The Hall–Kier alpha value is -2.64. The van der Waals surface area contributed by atoms with Crippen LogP contribution in [0.4, 0.5) is 4.39 Å². The standard InChI is InChI=1S/C26H31ClFN3O3/c1-34-22-6-5-20(23(28)16-22)17-26(9-7-24(32)29-26)10-8-25(33)31-13-11-30(12-14-31)18-19-3-2-4-21(27)15-19/h2-6,15-16H,7-14,17-18H2,1H3,(H,29,32). The highest BCUT2D eigenvalue weighted by Crippen LogP contribution is 2.31. The molecule has 0 bridgehead atoms. The summed E-state index contributed by atoms with van der Waals surface area (Å²) in [6.07, 6.45) is 2.17. The number of ether oxygens (including phenoxy) is 1. The van der Waals surface area contributed by atoms with E-state index >= 15 is 0 Å². The van der Waals surface area contributed by atoms with E-state index in [4.69, 9.17) is 16.3 Å². The van der Waals surface area contributed by atoms with Crippen molar-refractivity contribution in [2.45, 2.75) is 44.2 Å². The lowest BCUT2D eigenvalue weighted by atomic mass is 9.84. The lowest BCUT2D eigenvalue weighted by Crippen LogP contribution is -2.49. The minimum absolute atomic E-state index is 0.0454. The van der Waals surface area contributed by atoms with Gasteiger partial charge in [-0.3, -0.25) is 14.5 Å². The average molecular weight is 488 g/mol. The Bertz CT molecular complexity index is 1040. The van der Waals surface area contributed by atoms with Gasteiger partial charge >= 0.3 is 0 Å². The summed E-state index contributed by atoms with van der Waals surface area (Å²) in [7, 11) is 1.50. The summed E-state index contributed by atoms with van der Waals surface area (Å²) >= 11 is 6.09. The molecule has 1 atom stereocenters. The van der Waals surface area contributed by atoms with E-state index in [0.717, 1.165) is 30.2 Å². The summed E-state index contributed by atoms with van der Waals surface area (Å²) < 4.78 is 19.7. The quantitative estimate of drug-likeness (QED) is 0.615. The van der Waals surface area contributed by atoms with Crippen molar-refractivity contribution in [2.24, 2.45) is 0 Å². The van der Waals surface area contributed by atoms with Crippen LogP contribution in [-0.4, -0.2) is 60.4 Å². The zero-order valence-electron chi connectivity index (χ0n) is 19.5. The Balaban J connectivity index is 1.32. The number of benzene rings is 2. The smallest absolute Gasteiger partial charge is 0.222 e. The maximum Gasteiger partial charge on any atom is 0.222 e. The van der Waals surface area contributed by atoms with Crippen molar-refractivity contribution in [3.63, 3.8) is 0 Å². The first kappa shape index (κ1) is 24.5. The number of carbonyl (C=O) groups is 2. The third-order valence-corrected chi connectivity index (χ3v) is 7.10. The highest BCUT2D eigenvalue weighted by molar-refractivity contribution is 6.30. The SMILES string of the molecule is COc1ccc(CC2(CCC(=O)N3CCN(Cc4cccc(Cl)c4)CC3)CCC(=O)N2)c(F)c1. The van der Waals surface area contributed by atoms with Crippen molar-refractivity contribution in [3.8, 4) is 5.75 Å². The van der Waals surface area contributed by atoms with E-state index in [-0.39, 0.29) is 17.6 Å². The van der Waals surface area contributed by atoms with Gasteiger partial charge in [-0.05, 0) is 48.6 Å². The fourth-order valence-electron chi connectivity index (χ4n) is 4.90. The molecule has 2 aliphatic heterocycles. The first-order valence-corrected chi connectivity index (χ1v) is 12.1. The first-order chi connectivity index (χ1) is 16.4. The van der Waals surface area contributed by atoms with E-state index in [0.29, 0.717) is 56.5 Å². The molecule has 0 aliphatic carbocycles. The summed E-state index contributed by atoms with van der Waals surface area (Å²) in [6.45, 7) is 3.76. The highest BCUT2D eigenvalue weighted by atomic mass is 35.5. The van der Waals surface area contributed by atoms with Gasteiger partial charge in [0.1, 0.15) is 11.6 Å². The van der Waals surface area contributed by atoms with Gasteiger partial charge in [-0.15, -0.1) is 0 Å². The van der Waals surface area contributed by atoms with Gasteiger partial charge in [-0.25, -0.2) is 4.39 Å². The molecule has 1 unspecified atom stereocenters. The Morgan fingerprint density at radius 3 is 2.62 bits per heavy atom. The van der Waals surface area contributed by atoms with Crippen LogP contribution in [0.25, 0.3) is 0 Å². The number of amides is 2. The summed E-state index contributed by atoms with van der Waals surface area (Å²) in [5, 5.41) is 3.77. The van der Waals surface area contributed by atoms with Crippen LogP contribution < -0.4 is 10.1 Å². The van der Waals surface area contributed by atoms with Crippen molar-refractivity contribution >= 4 is 23.4 Å². The zero-order valence-corrected chi connectivity index (χ0v) is 20.2. The largest absolute Gasteiger partial charge is 0.497 e. The molecule has 8 heteroatoms. The predicted molar refractivity (Wildman–Crippen MR) is 129 cm³/mol. The van der Waals surface area contributed by atoms with Crippen LogP contribution in [0.3, 0.4) is 0 Å². The van der Waals surface area contributed by atoms with Crippen LogP contribution >= 0.6 is 11.6 Å². The second kappa shape index (κ2) is 10.7. The molecule has 4 rings (SSSR count). The maximum absolute atomic E-state index is 14.6. The molecule has 0 spiro atoms. The minimum Gasteiger partial charge on any atom is -0.497 e. The Labute approximate surface area is 205 Å². The molecule has 0 saturated carbocycles. The number of rotatable bonds is 8. The Morgan fingerprint density at radius 2 is 1.97 bits per heavy atom. The van der Waals surface area contributed by atoms with Gasteiger partial charge in [0.2, 0.25) is 11.8 Å². The number of piperazine rings is 1. The maximum atomic E-state index is 14.6. The van der Waals surface area contributed by atoms with Gasteiger partial charge in [-0.2, -0.15) is 0 Å².